The first kappa shape index (κ1) is 25.5. The summed E-state index contributed by atoms with van der Waals surface area (Å²) >= 11 is 9.38. The largest absolute Gasteiger partial charge is 0.172 e. The van der Waals surface area contributed by atoms with Gasteiger partial charge in [0.1, 0.15) is 0 Å². The van der Waals surface area contributed by atoms with Gasteiger partial charge in [0.05, 0.1) is 13.3 Å². The Morgan fingerprint density at radius 2 is 0.478 bits per heavy atom. The van der Waals surface area contributed by atoms with Crippen LogP contribution in [0.15, 0.2) is 0 Å². The second-order valence-electron chi connectivity index (χ2n) is 11.8. The fourth-order valence-corrected chi connectivity index (χ4v) is 335. The molecule has 0 heterocycles. The van der Waals surface area contributed by atoms with Gasteiger partial charge < -0.3 is 0 Å². The molecule has 9 heteroatoms. The summed E-state index contributed by atoms with van der Waals surface area (Å²) in [5.41, 5.74) is 0. The SMILES string of the molecule is C[Si](C)(C)[Si](C)([Si](C)(C)C)[Si](Br)(Br)[Si](C)([Si](C)(C)C)[Si](C)(C)C. The Labute approximate surface area is 169 Å². The van der Waals surface area contributed by atoms with Crippen molar-refractivity contribution in [3.05, 3.63) is 0 Å². The van der Waals surface area contributed by atoms with Gasteiger partial charge in [-0.1, -0.05) is 91.7 Å². The molecule has 0 atom stereocenters. The molecule has 0 saturated heterocycles. The lowest BCUT2D eigenvalue weighted by Crippen LogP contribution is -2.93. The average Bonchev–Trinajstić information content (AvgIpc) is 2.19. The summed E-state index contributed by atoms with van der Waals surface area (Å²) in [6.45, 7) is 35.4. The molecule has 0 rings (SSSR count). The lowest BCUT2D eigenvalue weighted by Gasteiger charge is -2.64. The van der Waals surface area contributed by atoms with Gasteiger partial charge in [0.25, 0.3) is 0 Å². The molecule has 0 radical (unpaired) electrons. The monoisotopic (exact) mass is 564 g/mol. The van der Waals surface area contributed by atoms with E-state index in [-0.39, 0.29) is 0 Å². The van der Waals surface area contributed by atoms with E-state index in [9.17, 15) is 0 Å². The molecule has 0 saturated carbocycles. The van der Waals surface area contributed by atoms with Crippen molar-refractivity contribution in [2.24, 2.45) is 0 Å². The van der Waals surface area contributed by atoms with E-state index in [4.69, 9.17) is 0 Å². The van der Waals surface area contributed by atoms with E-state index in [1.54, 1.807) is 0 Å². The van der Waals surface area contributed by atoms with Crippen LogP contribution in [-0.2, 0) is 0 Å². The van der Waals surface area contributed by atoms with Crippen molar-refractivity contribution in [3.63, 3.8) is 0 Å². The summed E-state index contributed by atoms with van der Waals surface area (Å²) < 4.78 is -1.60. The fourth-order valence-electron chi connectivity index (χ4n) is 4.63. The van der Waals surface area contributed by atoms with E-state index in [2.05, 4.69) is 122 Å². The minimum atomic E-state index is -1.60. The molecular formula is C14H42Br2Si7. The van der Waals surface area contributed by atoms with Crippen LogP contribution in [0, 0.1) is 0 Å². The first-order valence-corrected chi connectivity index (χ1v) is 40.4. The maximum Gasteiger partial charge on any atom is 0.172 e. The Morgan fingerprint density at radius 3 is 0.565 bits per heavy atom. The van der Waals surface area contributed by atoms with Crippen molar-refractivity contribution >= 4 is 78.6 Å². The zero-order valence-corrected chi connectivity index (χ0v) is 28.4. The molecule has 0 aromatic carbocycles. The van der Waals surface area contributed by atoms with Crippen molar-refractivity contribution < 1.29 is 0 Å². The van der Waals surface area contributed by atoms with Crippen LogP contribution >= 0.6 is 30.6 Å². The van der Waals surface area contributed by atoms with Gasteiger partial charge in [0.15, 0.2) is 4.35 Å². The lowest BCUT2D eigenvalue weighted by molar-refractivity contribution is 1.75. The number of hydrogen-bond acceptors (Lipinski definition) is 0. The van der Waals surface area contributed by atoms with Crippen molar-refractivity contribution in [1.82, 2.24) is 0 Å². The van der Waals surface area contributed by atoms with Crippen LogP contribution in [0.5, 0.6) is 0 Å². The molecule has 0 aliphatic rings. The van der Waals surface area contributed by atoms with Crippen LogP contribution in [-0.4, -0.2) is 48.0 Å². The van der Waals surface area contributed by atoms with Gasteiger partial charge in [-0.3, -0.25) is 0 Å². The highest BCUT2D eigenvalue weighted by Crippen LogP contribution is 2.52. The lowest BCUT2D eigenvalue weighted by atomic mass is 11.8. The van der Waals surface area contributed by atoms with Crippen LogP contribution < -0.4 is 0 Å². The summed E-state index contributed by atoms with van der Waals surface area (Å²) in [5.74, 6) is 0. The van der Waals surface area contributed by atoms with Gasteiger partial charge in [-0.2, -0.15) is 0 Å². The highest BCUT2D eigenvalue weighted by Gasteiger charge is 2.74. The van der Waals surface area contributed by atoms with Crippen LogP contribution in [0.2, 0.25) is 91.7 Å². The predicted octanol–water partition coefficient (Wildman–Crippen LogP) is 7.20. The normalized spacial score (nSPS) is 16.7. The van der Waals surface area contributed by atoms with Crippen LogP contribution in [0.25, 0.3) is 0 Å². The Morgan fingerprint density at radius 1 is 0.348 bits per heavy atom. The molecular weight excluding hydrogens is 525 g/mol. The minimum absolute atomic E-state index is 1.20. The molecule has 140 valence electrons. The average molecular weight is 567 g/mol. The molecule has 23 heavy (non-hydrogen) atoms. The molecule has 0 aromatic heterocycles. The van der Waals surface area contributed by atoms with E-state index in [0.29, 0.717) is 0 Å². The first-order valence-electron chi connectivity index (χ1n) is 8.88. The number of rotatable bonds is 6. The summed E-state index contributed by atoms with van der Waals surface area (Å²) in [4.78, 5) is 0. The zero-order valence-electron chi connectivity index (χ0n) is 18.3. The van der Waals surface area contributed by atoms with E-state index < -0.39 is 48.0 Å². The summed E-state index contributed by atoms with van der Waals surface area (Å²) in [5, 5.41) is 0. The summed E-state index contributed by atoms with van der Waals surface area (Å²) in [6.07, 6.45) is 0. The third kappa shape index (κ3) is 3.88. The first-order chi connectivity index (χ1) is 9.50. The Bertz CT molecular complexity index is 368. The molecule has 0 aliphatic heterocycles. The molecule has 0 nitrogen and oxygen atoms in total. The molecule has 0 fully saturated rings. The third-order valence-electron chi connectivity index (χ3n) is 7.26. The van der Waals surface area contributed by atoms with Gasteiger partial charge in [0.2, 0.25) is 0 Å². The van der Waals surface area contributed by atoms with E-state index >= 15 is 0 Å². The summed E-state index contributed by atoms with van der Waals surface area (Å²) in [6, 6.07) is 0. The highest BCUT2D eigenvalue weighted by atomic mass is 79.9. The second kappa shape index (κ2) is 6.82. The molecule has 0 unspecified atom stereocenters. The molecule has 0 spiro atoms. The maximum absolute atomic E-state index is 4.69. The van der Waals surface area contributed by atoms with Crippen molar-refractivity contribution in [2.75, 3.05) is 0 Å². The Hall–Kier alpha value is 2.48. The zero-order chi connectivity index (χ0) is 19.5. The van der Waals surface area contributed by atoms with Gasteiger partial charge >= 0.3 is 0 Å². The molecule has 0 amide bonds. The Balaban J connectivity index is 6.94. The molecule has 0 bridgehead atoms. The predicted molar refractivity (Wildman–Crippen MR) is 140 cm³/mol. The van der Waals surface area contributed by atoms with E-state index in [0.717, 1.165) is 0 Å². The van der Waals surface area contributed by atoms with Crippen LogP contribution in [0.3, 0.4) is 0 Å². The van der Waals surface area contributed by atoms with Gasteiger partial charge in [-0.15, -0.1) is 30.6 Å². The van der Waals surface area contributed by atoms with Crippen LogP contribution in [0.1, 0.15) is 0 Å². The van der Waals surface area contributed by atoms with Crippen molar-refractivity contribution in [2.45, 2.75) is 91.7 Å². The van der Waals surface area contributed by atoms with E-state index in [1.807, 2.05) is 0 Å². The van der Waals surface area contributed by atoms with E-state index in [1.165, 1.54) is 0 Å². The Kier molecular flexibility index (Phi) is 7.56. The van der Waals surface area contributed by atoms with Gasteiger partial charge in [0, 0.05) is 30.4 Å². The molecule has 0 aromatic rings. The fraction of sp³-hybridized carbons (Fsp3) is 1.00. The van der Waals surface area contributed by atoms with Crippen LogP contribution in [0.4, 0.5) is 0 Å². The van der Waals surface area contributed by atoms with Gasteiger partial charge in [-0.05, 0) is 0 Å². The smallest absolute Gasteiger partial charge is 0.119 e. The quantitative estimate of drug-likeness (QED) is 0.236. The standard InChI is InChI=1S/C14H42Br2Si7/c1-17(2,3)21(13,18(4,5)6)23(15,16)22(14,19(7,8)9)20(10,11)12/h1-14H3. The second-order valence-corrected chi connectivity index (χ2v) is 106. The third-order valence-corrected chi connectivity index (χ3v) is 206. The van der Waals surface area contributed by atoms with Crippen molar-refractivity contribution in [3.8, 4) is 0 Å². The van der Waals surface area contributed by atoms with Crippen molar-refractivity contribution in [1.29, 1.82) is 0 Å². The molecule has 0 aliphatic carbocycles. The summed E-state index contributed by atoms with van der Waals surface area (Å²) in [7, 11) is -4.81. The minimum Gasteiger partial charge on any atom is -0.119 e. The topological polar surface area (TPSA) is 0 Å². The number of hydrogen-bond donors (Lipinski definition) is 0. The number of halogens is 2. The maximum atomic E-state index is 4.69. The highest BCUT2D eigenvalue weighted by molar-refractivity contribution is 9.56. The van der Waals surface area contributed by atoms with Gasteiger partial charge in [-0.25, -0.2) is 0 Å². The molecule has 0 N–H and O–H groups in total.